The molecule has 2 N–H and O–H groups in total. The average Bonchev–Trinajstić information content (AvgIpc) is 2.70. The van der Waals surface area contributed by atoms with Gasteiger partial charge in [-0.1, -0.05) is 6.07 Å². The number of imidazole rings is 1. The lowest BCUT2D eigenvalue weighted by Gasteiger charge is -2.02. The van der Waals surface area contributed by atoms with Gasteiger partial charge in [0.25, 0.3) is 5.91 Å². The molecule has 1 heterocycles. The second-order valence-electron chi connectivity index (χ2n) is 2.93. The molecule has 0 radical (unpaired) electrons. The van der Waals surface area contributed by atoms with Crippen molar-refractivity contribution in [1.82, 2.24) is 9.97 Å². The first kappa shape index (κ1) is 9.39. The molecular formula is C10H8FN3O. The minimum Gasteiger partial charge on any atom is -0.341 e. The summed E-state index contributed by atoms with van der Waals surface area (Å²) in [5.74, 6) is -0.740. The van der Waals surface area contributed by atoms with Gasteiger partial charge in [0.15, 0.2) is 0 Å². The molecule has 1 aromatic heterocycles. The van der Waals surface area contributed by atoms with Crippen molar-refractivity contribution in [3.8, 4) is 0 Å². The third-order valence-electron chi connectivity index (χ3n) is 1.83. The lowest BCUT2D eigenvalue weighted by Crippen LogP contribution is -2.12. The van der Waals surface area contributed by atoms with Gasteiger partial charge >= 0.3 is 0 Å². The van der Waals surface area contributed by atoms with Crippen molar-refractivity contribution in [2.75, 3.05) is 5.32 Å². The highest BCUT2D eigenvalue weighted by Gasteiger charge is 2.06. The molecule has 0 saturated carbocycles. The summed E-state index contributed by atoms with van der Waals surface area (Å²) in [6.07, 6.45) is 2.80. The minimum absolute atomic E-state index is 0.333. The second-order valence-corrected chi connectivity index (χ2v) is 2.93. The molecule has 5 heteroatoms. The van der Waals surface area contributed by atoms with Crippen LogP contribution in [0.2, 0.25) is 0 Å². The van der Waals surface area contributed by atoms with Crippen molar-refractivity contribution in [2.45, 2.75) is 0 Å². The van der Waals surface area contributed by atoms with Crippen molar-refractivity contribution < 1.29 is 9.18 Å². The summed E-state index contributed by atoms with van der Waals surface area (Å²) in [6, 6.07) is 5.69. The maximum Gasteiger partial charge on any atom is 0.273 e. The van der Waals surface area contributed by atoms with Crippen molar-refractivity contribution >= 4 is 11.6 Å². The molecule has 0 atom stereocenters. The van der Waals surface area contributed by atoms with E-state index in [-0.39, 0.29) is 5.91 Å². The largest absolute Gasteiger partial charge is 0.341 e. The Bertz CT molecular complexity index is 467. The van der Waals surface area contributed by atoms with Gasteiger partial charge in [-0.25, -0.2) is 9.37 Å². The fourth-order valence-electron chi connectivity index (χ4n) is 1.14. The van der Waals surface area contributed by atoms with Crippen LogP contribution in [0.4, 0.5) is 10.1 Å². The molecule has 1 aromatic carbocycles. The zero-order valence-corrected chi connectivity index (χ0v) is 7.70. The first-order valence-electron chi connectivity index (χ1n) is 4.31. The second kappa shape index (κ2) is 3.91. The van der Waals surface area contributed by atoms with Crippen LogP contribution in [0.1, 0.15) is 10.5 Å². The Hall–Kier alpha value is -2.17. The molecular weight excluding hydrogens is 197 g/mol. The minimum atomic E-state index is -0.391. The first-order chi connectivity index (χ1) is 7.25. The summed E-state index contributed by atoms with van der Waals surface area (Å²) in [4.78, 5) is 17.8. The van der Waals surface area contributed by atoms with E-state index >= 15 is 0 Å². The number of nitrogens with one attached hydrogen (secondary N) is 2. The Morgan fingerprint density at radius 3 is 3.00 bits per heavy atom. The van der Waals surface area contributed by atoms with Gasteiger partial charge in [0.2, 0.25) is 0 Å². The molecule has 0 spiro atoms. The number of aromatic amines is 1. The van der Waals surface area contributed by atoms with E-state index in [0.29, 0.717) is 11.4 Å². The summed E-state index contributed by atoms with van der Waals surface area (Å²) in [6.45, 7) is 0. The van der Waals surface area contributed by atoms with E-state index in [1.165, 1.54) is 30.7 Å². The third kappa shape index (κ3) is 2.19. The quantitative estimate of drug-likeness (QED) is 0.785. The number of nitrogens with zero attached hydrogens (tertiary/aromatic N) is 1. The van der Waals surface area contributed by atoms with Gasteiger partial charge < -0.3 is 10.3 Å². The van der Waals surface area contributed by atoms with Crippen LogP contribution in [0.3, 0.4) is 0 Å². The van der Waals surface area contributed by atoms with Gasteiger partial charge in [-0.15, -0.1) is 0 Å². The lowest BCUT2D eigenvalue weighted by atomic mass is 10.3. The van der Waals surface area contributed by atoms with E-state index in [4.69, 9.17) is 0 Å². The Labute approximate surface area is 85.2 Å². The van der Waals surface area contributed by atoms with E-state index in [0.717, 1.165) is 0 Å². The highest BCUT2D eigenvalue weighted by atomic mass is 19.1. The first-order valence-corrected chi connectivity index (χ1v) is 4.31. The van der Waals surface area contributed by atoms with Crippen LogP contribution in [0, 0.1) is 5.82 Å². The number of H-pyrrole nitrogens is 1. The zero-order valence-electron chi connectivity index (χ0n) is 7.70. The van der Waals surface area contributed by atoms with E-state index in [1.807, 2.05) is 0 Å². The van der Waals surface area contributed by atoms with Crippen LogP contribution in [-0.4, -0.2) is 15.9 Å². The Balaban J connectivity index is 2.13. The van der Waals surface area contributed by atoms with E-state index in [9.17, 15) is 9.18 Å². The molecule has 2 aromatic rings. The van der Waals surface area contributed by atoms with Gasteiger partial charge in [-0.3, -0.25) is 4.79 Å². The molecule has 2 rings (SSSR count). The predicted molar refractivity (Wildman–Crippen MR) is 52.9 cm³/mol. The standard InChI is InChI=1S/C10H8FN3O/c11-7-2-1-3-8(4-7)14-10(15)9-5-12-6-13-9/h1-6H,(H,12,13)(H,14,15). The number of hydrogen-bond donors (Lipinski definition) is 2. The number of aromatic nitrogens is 2. The molecule has 0 aliphatic carbocycles. The van der Waals surface area contributed by atoms with E-state index < -0.39 is 5.82 Å². The van der Waals surface area contributed by atoms with Crippen LogP contribution >= 0.6 is 0 Å². The van der Waals surface area contributed by atoms with Gasteiger partial charge in [0.05, 0.1) is 12.5 Å². The smallest absolute Gasteiger partial charge is 0.273 e. The fourth-order valence-corrected chi connectivity index (χ4v) is 1.14. The van der Waals surface area contributed by atoms with Crippen molar-refractivity contribution in [2.24, 2.45) is 0 Å². The number of carbonyl (C=O) groups excluding carboxylic acids is 1. The topological polar surface area (TPSA) is 57.8 Å². The van der Waals surface area contributed by atoms with Crippen LogP contribution in [0.25, 0.3) is 0 Å². The van der Waals surface area contributed by atoms with Crippen molar-refractivity contribution in [3.63, 3.8) is 0 Å². The highest BCUT2D eigenvalue weighted by molar-refractivity contribution is 6.02. The van der Waals surface area contributed by atoms with Gasteiger partial charge in [0.1, 0.15) is 11.5 Å². The van der Waals surface area contributed by atoms with Crippen LogP contribution in [0.5, 0.6) is 0 Å². The number of carbonyl (C=O) groups is 1. The van der Waals surface area contributed by atoms with Crippen LogP contribution in [0.15, 0.2) is 36.8 Å². The molecule has 0 saturated heterocycles. The molecule has 0 aliphatic heterocycles. The summed E-state index contributed by atoms with van der Waals surface area (Å²) in [7, 11) is 0. The maximum absolute atomic E-state index is 12.8. The van der Waals surface area contributed by atoms with Crippen molar-refractivity contribution in [1.29, 1.82) is 0 Å². The molecule has 76 valence electrons. The summed E-state index contributed by atoms with van der Waals surface area (Å²) in [5, 5.41) is 2.53. The number of rotatable bonds is 2. The Morgan fingerprint density at radius 1 is 1.47 bits per heavy atom. The summed E-state index contributed by atoms with van der Waals surface area (Å²) < 4.78 is 12.8. The Kier molecular flexibility index (Phi) is 2.45. The number of halogens is 1. The summed E-state index contributed by atoms with van der Waals surface area (Å²) >= 11 is 0. The van der Waals surface area contributed by atoms with Gasteiger partial charge in [-0.05, 0) is 18.2 Å². The molecule has 0 fully saturated rings. The third-order valence-corrected chi connectivity index (χ3v) is 1.83. The average molecular weight is 205 g/mol. The predicted octanol–water partition coefficient (Wildman–Crippen LogP) is 1.80. The van der Waals surface area contributed by atoms with E-state index in [1.54, 1.807) is 6.07 Å². The summed E-state index contributed by atoms with van der Waals surface area (Å²) in [5.41, 5.74) is 0.744. The SMILES string of the molecule is O=C(Nc1cccc(F)c1)c1cnc[nH]1. The monoisotopic (exact) mass is 205 g/mol. The number of anilines is 1. The van der Waals surface area contributed by atoms with E-state index in [2.05, 4.69) is 15.3 Å². The van der Waals surface area contributed by atoms with Crippen LogP contribution in [-0.2, 0) is 0 Å². The molecule has 0 bridgehead atoms. The molecule has 15 heavy (non-hydrogen) atoms. The highest BCUT2D eigenvalue weighted by Crippen LogP contribution is 2.09. The maximum atomic E-state index is 12.8. The normalized spacial score (nSPS) is 9.93. The number of hydrogen-bond acceptors (Lipinski definition) is 2. The lowest BCUT2D eigenvalue weighted by molar-refractivity contribution is 0.102. The fraction of sp³-hybridized carbons (Fsp3) is 0. The van der Waals surface area contributed by atoms with Gasteiger partial charge in [-0.2, -0.15) is 0 Å². The number of benzene rings is 1. The van der Waals surface area contributed by atoms with Crippen molar-refractivity contribution in [3.05, 3.63) is 48.3 Å². The molecule has 4 nitrogen and oxygen atoms in total. The number of amides is 1. The molecule has 0 unspecified atom stereocenters. The zero-order chi connectivity index (χ0) is 10.7. The molecule has 1 amide bonds. The van der Waals surface area contributed by atoms with Gasteiger partial charge in [0, 0.05) is 5.69 Å². The van der Waals surface area contributed by atoms with Crippen LogP contribution < -0.4 is 5.32 Å². The molecule has 0 aliphatic rings. The Morgan fingerprint density at radius 2 is 2.33 bits per heavy atom.